The molecule has 2 heterocycles. The number of halogens is 4. The van der Waals surface area contributed by atoms with E-state index >= 15 is 0 Å². The van der Waals surface area contributed by atoms with Crippen LogP contribution >= 0.6 is 11.6 Å². The number of H-pyrrole nitrogens is 1. The summed E-state index contributed by atoms with van der Waals surface area (Å²) >= 11 is 5.96. The van der Waals surface area contributed by atoms with Crippen molar-refractivity contribution < 1.29 is 13.2 Å². The zero-order chi connectivity index (χ0) is 16.6. The summed E-state index contributed by atoms with van der Waals surface area (Å²) in [5.74, 6) is 0. The molecule has 0 aliphatic heterocycles. The normalized spacial score (nSPS) is 11.7. The van der Waals surface area contributed by atoms with Crippen LogP contribution in [0.5, 0.6) is 0 Å². The Morgan fingerprint density at radius 2 is 1.96 bits per heavy atom. The van der Waals surface area contributed by atoms with Crippen molar-refractivity contribution in [2.75, 3.05) is 0 Å². The lowest BCUT2D eigenvalue weighted by Gasteiger charge is -2.09. The van der Waals surface area contributed by atoms with Gasteiger partial charge in [0.15, 0.2) is 5.69 Å². The summed E-state index contributed by atoms with van der Waals surface area (Å²) in [7, 11) is 0. The van der Waals surface area contributed by atoms with E-state index in [0.717, 1.165) is 10.9 Å². The Hall–Kier alpha value is -2.61. The van der Waals surface area contributed by atoms with Crippen LogP contribution in [0, 0.1) is 0 Å². The van der Waals surface area contributed by atoms with Gasteiger partial charge >= 0.3 is 6.18 Å². The van der Waals surface area contributed by atoms with Gasteiger partial charge in [-0.05, 0) is 29.8 Å². The van der Waals surface area contributed by atoms with Crippen LogP contribution in [-0.2, 0) is 6.18 Å². The minimum Gasteiger partial charge on any atom is -0.329 e. The Balaban J connectivity index is 2.17. The maximum absolute atomic E-state index is 12.7. The fraction of sp³-hybridized carbons (Fsp3) is 0.0714. The van der Waals surface area contributed by atoms with Gasteiger partial charge in [-0.15, -0.1) is 5.10 Å². The number of aromatic nitrogens is 4. The molecule has 0 unspecified atom stereocenters. The SMILES string of the molecule is O=c1cc(-c2cc(Cl)ccc2-n2cc(C(F)(F)F)nn2)cc[nH]1. The topological polar surface area (TPSA) is 63.6 Å². The maximum Gasteiger partial charge on any atom is 0.436 e. The Labute approximate surface area is 132 Å². The molecule has 118 valence electrons. The first-order valence-corrected chi connectivity index (χ1v) is 6.71. The molecule has 2 aromatic heterocycles. The number of hydrogen-bond acceptors (Lipinski definition) is 3. The van der Waals surface area contributed by atoms with E-state index in [1.807, 2.05) is 0 Å². The van der Waals surface area contributed by atoms with Crippen LogP contribution in [0.25, 0.3) is 16.8 Å². The predicted octanol–water partition coefficient (Wildman–Crippen LogP) is 3.29. The Bertz CT molecular complexity index is 917. The summed E-state index contributed by atoms with van der Waals surface area (Å²) < 4.78 is 39.0. The molecular weight excluding hydrogens is 333 g/mol. The highest BCUT2D eigenvalue weighted by Crippen LogP contribution is 2.31. The lowest BCUT2D eigenvalue weighted by atomic mass is 10.1. The van der Waals surface area contributed by atoms with Crippen LogP contribution in [-0.4, -0.2) is 20.0 Å². The third-order valence-electron chi connectivity index (χ3n) is 3.08. The smallest absolute Gasteiger partial charge is 0.329 e. The van der Waals surface area contributed by atoms with E-state index < -0.39 is 11.9 Å². The van der Waals surface area contributed by atoms with Crippen molar-refractivity contribution in [1.82, 2.24) is 20.0 Å². The third-order valence-corrected chi connectivity index (χ3v) is 3.31. The quantitative estimate of drug-likeness (QED) is 0.778. The van der Waals surface area contributed by atoms with Crippen molar-refractivity contribution in [3.63, 3.8) is 0 Å². The summed E-state index contributed by atoms with van der Waals surface area (Å²) in [5.41, 5.74) is -0.173. The van der Waals surface area contributed by atoms with Crippen molar-refractivity contribution in [1.29, 1.82) is 0 Å². The Kier molecular flexibility index (Phi) is 3.69. The van der Waals surface area contributed by atoms with Gasteiger partial charge in [0.2, 0.25) is 5.56 Å². The molecule has 0 amide bonds. The number of alkyl halides is 3. The second-order valence-corrected chi connectivity index (χ2v) is 5.09. The fourth-order valence-corrected chi connectivity index (χ4v) is 2.23. The van der Waals surface area contributed by atoms with E-state index in [9.17, 15) is 18.0 Å². The van der Waals surface area contributed by atoms with E-state index in [2.05, 4.69) is 15.3 Å². The molecule has 0 aliphatic rings. The zero-order valence-corrected chi connectivity index (χ0v) is 12.1. The number of nitrogens with one attached hydrogen (secondary N) is 1. The molecule has 0 radical (unpaired) electrons. The third kappa shape index (κ3) is 3.11. The second-order valence-electron chi connectivity index (χ2n) is 4.65. The van der Waals surface area contributed by atoms with Gasteiger partial charge in [0.05, 0.1) is 11.9 Å². The number of aromatic amines is 1. The molecule has 3 rings (SSSR count). The van der Waals surface area contributed by atoms with Crippen molar-refractivity contribution >= 4 is 11.6 Å². The summed E-state index contributed by atoms with van der Waals surface area (Å²) in [6, 6.07) is 7.49. The zero-order valence-electron chi connectivity index (χ0n) is 11.3. The van der Waals surface area contributed by atoms with Gasteiger partial charge < -0.3 is 4.98 Å². The number of hydrogen-bond donors (Lipinski definition) is 1. The first kappa shape index (κ1) is 15.3. The van der Waals surface area contributed by atoms with Crippen molar-refractivity contribution in [3.8, 4) is 16.8 Å². The highest BCUT2D eigenvalue weighted by molar-refractivity contribution is 6.31. The van der Waals surface area contributed by atoms with Crippen LogP contribution in [0.4, 0.5) is 13.2 Å². The van der Waals surface area contributed by atoms with E-state index in [1.165, 1.54) is 24.4 Å². The van der Waals surface area contributed by atoms with Crippen LogP contribution in [0.3, 0.4) is 0 Å². The first-order valence-electron chi connectivity index (χ1n) is 6.33. The first-order chi connectivity index (χ1) is 10.8. The van der Waals surface area contributed by atoms with Crippen molar-refractivity contribution in [2.24, 2.45) is 0 Å². The summed E-state index contributed by atoms with van der Waals surface area (Å²) in [4.78, 5) is 13.9. The van der Waals surface area contributed by atoms with E-state index in [0.29, 0.717) is 21.8 Å². The molecule has 5 nitrogen and oxygen atoms in total. The molecule has 0 fully saturated rings. The molecule has 0 saturated carbocycles. The van der Waals surface area contributed by atoms with Gasteiger partial charge in [-0.2, -0.15) is 13.2 Å². The fourth-order valence-electron chi connectivity index (χ4n) is 2.06. The van der Waals surface area contributed by atoms with Gasteiger partial charge in [-0.3, -0.25) is 4.79 Å². The minimum absolute atomic E-state index is 0.322. The number of benzene rings is 1. The van der Waals surface area contributed by atoms with Crippen LogP contribution in [0.15, 0.2) is 47.5 Å². The molecule has 1 N–H and O–H groups in total. The number of nitrogens with zero attached hydrogens (tertiary/aromatic N) is 3. The number of rotatable bonds is 2. The molecule has 0 bridgehead atoms. The molecule has 0 atom stereocenters. The Morgan fingerprint density at radius 3 is 2.61 bits per heavy atom. The molecule has 23 heavy (non-hydrogen) atoms. The highest BCUT2D eigenvalue weighted by atomic mass is 35.5. The summed E-state index contributed by atoms with van der Waals surface area (Å²) in [6.07, 6.45) is -2.38. The van der Waals surface area contributed by atoms with Crippen LogP contribution in [0.2, 0.25) is 5.02 Å². The minimum atomic E-state index is -4.59. The van der Waals surface area contributed by atoms with Gasteiger partial charge in [0.25, 0.3) is 0 Å². The average Bonchev–Trinajstić information content (AvgIpc) is 2.97. The average molecular weight is 341 g/mol. The standard InChI is InChI=1S/C14H8ClF3N4O/c15-9-1-2-11(22-7-12(20-21-22)14(16,17)18)10(6-9)8-3-4-19-13(23)5-8/h1-7H,(H,19,23). The molecule has 3 aromatic rings. The lowest BCUT2D eigenvalue weighted by Crippen LogP contribution is -2.05. The maximum atomic E-state index is 12.7. The van der Waals surface area contributed by atoms with Gasteiger partial charge in [0.1, 0.15) is 0 Å². The lowest BCUT2D eigenvalue weighted by molar-refractivity contribution is -0.141. The van der Waals surface area contributed by atoms with E-state index in [-0.39, 0.29) is 5.56 Å². The molecule has 0 saturated heterocycles. The van der Waals surface area contributed by atoms with Crippen molar-refractivity contribution in [2.45, 2.75) is 6.18 Å². The summed E-state index contributed by atoms with van der Waals surface area (Å²) in [5, 5.41) is 7.01. The molecule has 9 heteroatoms. The van der Waals surface area contributed by atoms with E-state index in [4.69, 9.17) is 11.6 Å². The van der Waals surface area contributed by atoms with Crippen LogP contribution < -0.4 is 5.56 Å². The highest BCUT2D eigenvalue weighted by Gasteiger charge is 2.34. The van der Waals surface area contributed by atoms with E-state index in [1.54, 1.807) is 12.1 Å². The van der Waals surface area contributed by atoms with Gasteiger partial charge in [-0.25, -0.2) is 4.68 Å². The molecule has 1 aromatic carbocycles. The van der Waals surface area contributed by atoms with Gasteiger partial charge in [-0.1, -0.05) is 16.8 Å². The van der Waals surface area contributed by atoms with Crippen molar-refractivity contribution in [3.05, 3.63) is 63.8 Å². The molecule has 0 spiro atoms. The van der Waals surface area contributed by atoms with Gasteiger partial charge in [0, 0.05) is 22.8 Å². The summed E-state index contributed by atoms with van der Waals surface area (Å²) in [6.45, 7) is 0. The predicted molar refractivity (Wildman–Crippen MR) is 77.4 cm³/mol. The van der Waals surface area contributed by atoms with Crippen LogP contribution in [0.1, 0.15) is 5.69 Å². The second kappa shape index (κ2) is 5.54. The Morgan fingerprint density at radius 1 is 1.17 bits per heavy atom. The molecular formula is C14H8ClF3N4O. The monoisotopic (exact) mass is 340 g/mol. The molecule has 0 aliphatic carbocycles. The largest absolute Gasteiger partial charge is 0.436 e. The number of pyridine rings is 1.